The highest BCUT2D eigenvalue weighted by molar-refractivity contribution is 5.98. The van der Waals surface area contributed by atoms with Crippen molar-refractivity contribution in [1.82, 2.24) is 20.4 Å². The summed E-state index contributed by atoms with van der Waals surface area (Å²) in [5.41, 5.74) is 2.76. The number of amides is 3. The topological polar surface area (TPSA) is 90.1 Å². The molecule has 1 unspecified atom stereocenters. The van der Waals surface area contributed by atoms with E-state index in [1.54, 1.807) is 11.0 Å². The highest BCUT2D eigenvalue weighted by atomic mass is 19.1. The second kappa shape index (κ2) is 7.02. The van der Waals surface area contributed by atoms with Gasteiger partial charge in [-0.1, -0.05) is 0 Å². The van der Waals surface area contributed by atoms with E-state index < -0.39 is 5.82 Å². The van der Waals surface area contributed by atoms with E-state index in [0.29, 0.717) is 37.2 Å². The molecule has 7 nitrogen and oxygen atoms in total. The largest absolute Gasteiger partial charge is 0.352 e. The molecule has 1 aromatic carbocycles. The van der Waals surface area contributed by atoms with Gasteiger partial charge in [0.15, 0.2) is 5.82 Å². The molecule has 0 bridgehead atoms. The molecule has 3 amide bonds. The maximum absolute atomic E-state index is 14.8. The molecule has 0 aliphatic carbocycles. The van der Waals surface area contributed by atoms with E-state index in [-0.39, 0.29) is 23.5 Å². The summed E-state index contributed by atoms with van der Waals surface area (Å²) in [5, 5.41) is 12.6. The summed E-state index contributed by atoms with van der Waals surface area (Å²) in [4.78, 5) is 26.2. The normalized spacial score (nSPS) is 19.4. The van der Waals surface area contributed by atoms with Crippen LogP contribution in [0.15, 0.2) is 18.2 Å². The number of aromatic nitrogens is 2. The number of nitrogens with one attached hydrogen (secondary N) is 3. The van der Waals surface area contributed by atoms with Gasteiger partial charge in [0.2, 0.25) is 0 Å². The predicted molar refractivity (Wildman–Crippen MR) is 98.3 cm³/mol. The number of hydrogen-bond donors (Lipinski definition) is 3. The number of fused-ring (bicyclic) bond motifs is 1. The fourth-order valence-electron chi connectivity index (χ4n) is 3.82. The van der Waals surface area contributed by atoms with Crippen LogP contribution in [0, 0.1) is 12.7 Å². The molecule has 0 spiro atoms. The van der Waals surface area contributed by atoms with Gasteiger partial charge < -0.3 is 15.5 Å². The van der Waals surface area contributed by atoms with Crippen molar-refractivity contribution in [2.45, 2.75) is 32.1 Å². The number of nitrogens with zero attached hydrogens (tertiary/aromatic N) is 2. The molecule has 27 heavy (non-hydrogen) atoms. The molecule has 1 atom stereocenters. The van der Waals surface area contributed by atoms with Crippen molar-refractivity contribution in [3.8, 4) is 0 Å². The Bertz CT molecular complexity index is 894. The number of H-pyrrole nitrogens is 1. The Morgan fingerprint density at radius 3 is 3.04 bits per heavy atom. The first-order chi connectivity index (χ1) is 13.0. The maximum atomic E-state index is 14.8. The molecule has 2 aliphatic heterocycles. The average Bonchev–Trinajstić information content (AvgIpc) is 3.11. The van der Waals surface area contributed by atoms with E-state index in [0.717, 1.165) is 24.2 Å². The number of aromatic amines is 1. The van der Waals surface area contributed by atoms with Crippen LogP contribution in [0.1, 0.15) is 46.1 Å². The van der Waals surface area contributed by atoms with Gasteiger partial charge in [0.05, 0.1) is 11.4 Å². The van der Waals surface area contributed by atoms with Crippen LogP contribution in [0.25, 0.3) is 0 Å². The maximum Gasteiger partial charge on any atom is 0.321 e. The number of hydrogen-bond acceptors (Lipinski definition) is 3. The number of urea groups is 1. The molecule has 0 radical (unpaired) electrons. The summed E-state index contributed by atoms with van der Waals surface area (Å²) in [6.07, 6.45) is 2.26. The number of likely N-dealkylation sites (tertiary alicyclic amines) is 1. The Labute approximate surface area is 156 Å². The highest BCUT2D eigenvalue weighted by Crippen LogP contribution is 2.28. The van der Waals surface area contributed by atoms with Crippen LogP contribution in [-0.2, 0) is 6.42 Å². The van der Waals surface area contributed by atoms with Crippen molar-refractivity contribution in [2.24, 2.45) is 0 Å². The van der Waals surface area contributed by atoms with E-state index in [9.17, 15) is 14.0 Å². The fourth-order valence-corrected chi connectivity index (χ4v) is 3.82. The lowest BCUT2D eigenvalue weighted by molar-refractivity contribution is 0.0945. The van der Waals surface area contributed by atoms with Crippen LogP contribution in [0.3, 0.4) is 0 Å². The summed E-state index contributed by atoms with van der Waals surface area (Å²) in [6.45, 7) is 3.52. The Morgan fingerprint density at radius 2 is 2.26 bits per heavy atom. The van der Waals surface area contributed by atoms with Crippen molar-refractivity contribution in [2.75, 3.05) is 25.0 Å². The Hall–Kier alpha value is -2.90. The number of halogens is 1. The van der Waals surface area contributed by atoms with E-state index >= 15 is 0 Å². The first kappa shape index (κ1) is 17.5. The summed E-state index contributed by atoms with van der Waals surface area (Å²) in [6, 6.07) is 4.69. The molecule has 3 N–H and O–H groups in total. The number of anilines is 1. The smallest absolute Gasteiger partial charge is 0.321 e. The number of carbonyl (C=O) groups is 2. The number of carbonyl (C=O) groups excluding carboxylic acids is 2. The van der Waals surface area contributed by atoms with Crippen molar-refractivity contribution in [1.29, 1.82) is 0 Å². The van der Waals surface area contributed by atoms with Gasteiger partial charge in [-0.15, -0.1) is 0 Å². The number of benzene rings is 1. The van der Waals surface area contributed by atoms with Crippen LogP contribution in [0.4, 0.5) is 14.9 Å². The van der Waals surface area contributed by atoms with Crippen molar-refractivity contribution in [3.63, 3.8) is 0 Å². The van der Waals surface area contributed by atoms with Gasteiger partial charge >= 0.3 is 6.03 Å². The molecular formula is C19H22FN5O2. The zero-order chi connectivity index (χ0) is 19.0. The van der Waals surface area contributed by atoms with Crippen molar-refractivity contribution in [3.05, 3.63) is 46.5 Å². The van der Waals surface area contributed by atoms with E-state index in [2.05, 4.69) is 20.8 Å². The summed E-state index contributed by atoms with van der Waals surface area (Å²) in [5.74, 6) is -0.625. The molecule has 1 fully saturated rings. The molecule has 2 aromatic rings. The van der Waals surface area contributed by atoms with Gasteiger partial charge in [-0.2, -0.15) is 5.10 Å². The van der Waals surface area contributed by atoms with Gasteiger partial charge in [-0.25, -0.2) is 9.18 Å². The highest BCUT2D eigenvalue weighted by Gasteiger charge is 2.28. The van der Waals surface area contributed by atoms with E-state index in [1.807, 2.05) is 13.0 Å². The van der Waals surface area contributed by atoms with Crippen LogP contribution in [-0.4, -0.2) is 46.7 Å². The SMILES string of the molecule is Cc1cc(C2CCCN(C(=O)Nc3ccc4c(c3F)CCNC4=O)C2)n[nH]1. The van der Waals surface area contributed by atoms with Gasteiger partial charge in [-0.05, 0) is 44.4 Å². The lowest BCUT2D eigenvalue weighted by atomic mass is 9.95. The van der Waals surface area contributed by atoms with Gasteiger partial charge in [0.1, 0.15) is 0 Å². The minimum absolute atomic E-state index is 0.117. The molecule has 4 rings (SSSR count). The molecular weight excluding hydrogens is 349 g/mol. The van der Waals surface area contributed by atoms with Gasteiger partial charge in [-0.3, -0.25) is 9.89 Å². The zero-order valence-corrected chi connectivity index (χ0v) is 15.1. The second-order valence-electron chi connectivity index (χ2n) is 7.15. The van der Waals surface area contributed by atoms with Crippen LogP contribution in [0.5, 0.6) is 0 Å². The molecule has 1 saturated heterocycles. The molecule has 3 heterocycles. The first-order valence-electron chi connectivity index (χ1n) is 9.20. The van der Waals surface area contributed by atoms with Crippen LogP contribution < -0.4 is 10.6 Å². The van der Waals surface area contributed by atoms with Gasteiger partial charge in [0.25, 0.3) is 5.91 Å². The molecule has 0 saturated carbocycles. The summed E-state index contributed by atoms with van der Waals surface area (Å²) < 4.78 is 14.8. The second-order valence-corrected chi connectivity index (χ2v) is 7.15. The minimum atomic E-state index is -0.521. The minimum Gasteiger partial charge on any atom is -0.352 e. The van der Waals surface area contributed by atoms with Crippen LogP contribution >= 0.6 is 0 Å². The Kier molecular flexibility index (Phi) is 4.55. The molecule has 8 heteroatoms. The average molecular weight is 371 g/mol. The molecule has 1 aromatic heterocycles. The molecule has 2 aliphatic rings. The quantitative estimate of drug-likeness (QED) is 0.758. The van der Waals surface area contributed by atoms with E-state index in [4.69, 9.17) is 0 Å². The third-order valence-corrected chi connectivity index (χ3v) is 5.24. The Morgan fingerprint density at radius 1 is 1.41 bits per heavy atom. The number of aryl methyl sites for hydroxylation is 1. The third kappa shape index (κ3) is 3.39. The lowest BCUT2D eigenvalue weighted by Gasteiger charge is -2.32. The van der Waals surface area contributed by atoms with Crippen molar-refractivity contribution >= 4 is 17.6 Å². The van der Waals surface area contributed by atoms with Crippen molar-refractivity contribution < 1.29 is 14.0 Å². The number of rotatable bonds is 2. The van der Waals surface area contributed by atoms with Crippen LogP contribution in [0.2, 0.25) is 0 Å². The molecule has 142 valence electrons. The fraction of sp³-hybridized carbons (Fsp3) is 0.421. The van der Waals surface area contributed by atoms with E-state index in [1.165, 1.54) is 6.07 Å². The first-order valence-corrected chi connectivity index (χ1v) is 9.20. The summed E-state index contributed by atoms with van der Waals surface area (Å²) >= 11 is 0. The lowest BCUT2D eigenvalue weighted by Crippen LogP contribution is -2.42. The Balaban J connectivity index is 1.48. The predicted octanol–water partition coefficient (Wildman–Crippen LogP) is 2.55. The van der Waals surface area contributed by atoms with Gasteiger partial charge in [0, 0.05) is 42.4 Å². The monoisotopic (exact) mass is 371 g/mol. The standard InChI is InChI=1S/C19H22FN5O2/c1-11-9-16(24-23-11)12-3-2-8-25(10-12)19(27)22-15-5-4-14-13(17(15)20)6-7-21-18(14)26/h4-5,9,12H,2-3,6-8,10H2,1H3,(H,21,26)(H,22,27)(H,23,24). The number of piperidine rings is 1. The zero-order valence-electron chi connectivity index (χ0n) is 15.1. The summed E-state index contributed by atoms with van der Waals surface area (Å²) in [7, 11) is 0. The third-order valence-electron chi connectivity index (χ3n) is 5.24.